The van der Waals surface area contributed by atoms with E-state index in [9.17, 15) is 4.79 Å². The molecule has 1 aromatic rings. The molecule has 4 heteroatoms. The van der Waals surface area contributed by atoms with Crippen molar-refractivity contribution in [1.82, 2.24) is 5.32 Å². The summed E-state index contributed by atoms with van der Waals surface area (Å²) in [7, 11) is 0. The number of ether oxygens (including phenoxy) is 1. The van der Waals surface area contributed by atoms with Gasteiger partial charge in [0, 0.05) is 0 Å². The molecule has 0 aliphatic heterocycles. The fraction of sp³-hybridized carbons (Fsp3) is 0. The highest BCUT2D eigenvalue weighted by Gasteiger charge is 2.04. The Balaban J connectivity index is 2.68. The number of hydrogen-bond donors (Lipinski definition) is 1. The molecule has 1 rings (SSSR count). The number of carbonyl (C=O) groups is 1. The Labute approximate surface area is 81.0 Å². The van der Waals surface area contributed by atoms with Crippen molar-refractivity contribution < 1.29 is 9.53 Å². The van der Waals surface area contributed by atoms with Crippen LogP contribution < -0.4 is 10.1 Å². The minimum absolute atomic E-state index is 0.323. The molecule has 3 nitrogen and oxygen atoms in total. The Morgan fingerprint density at radius 2 is 2.23 bits per heavy atom. The summed E-state index contributed by atoms with van der Waals surface area (Å²) in [5.74, 6) is 0.323. The average molecular weight is 198 g/mol. The topological polar surface area (TPSA) is 38.3 Å². The first-order chi connectivity index (χ1) is 6.24. The molecule has 0 aliphatic rings. The summed E-state index contributed by atoms with van der Waals surface area (Å²) in [6.45, 7) is 3.32. The number of amides is 1. The van der Waals surface area contributed by atoms with Crippen molar-refractivity contribution in [2.75, 3.05) is 0 Å². The van der Waals surface area contributed by atoms with Crippen LogP contribution in [0.25, 0.3) is 0 Å². The molecule has 0 saturated carbocycles. The van der Waals surface area contributed by atoms with Crippen LogP contribution in [0.5, 0.6) is 5.75 Å². The van der Waals surface area contributed by atoms with E-state index in [0.717, 1.165) is 0 Å². The monoisotopic (exact) mass is 197 g/mol. The van der Waals surface area contributed by atoms with Crippen molar-refractivity contribution in [3.05, 3.63) is 42.1 Å². The minimum atomic E-state index is -0.608. The van der Waals surface area contributed by atoms with Gasteiger partial charge in [0.1, 0.15) is 0 Å². The molecule has 0 saturated heterocycles. The van der Waals surface area contributed by atoms with Crippen molar-refractivity contribution in [3.63, 3.8) is 0 Å². The van der Waals surface area contributed by atoms with Crippen LogP contribution in [0.1, 0.15) is 0 Å². The summed E-state index contributed by atoms with van der Waals surface area (Å²) < 4.78 is 4.83. The second-order valence-electron chi connectivity index (χ2n) is 2.17. The van der Waals surface area contributed by atoms with E-state index in [1.165, 1.54) is 6.20 Å². The maximum atomic E-state index is 10.9. The van der Waals surface area contributed by atoms with E-state index in [1.54, 1.807) is 24.3 Å². The van der Waals surface area contributed by atoms with Crippen LogP contribution in [0, 0.1) is 0 Å². The van der Waals surface area contributed by atoms with Gasteiger partial charge in [0.2, 0.25) is 0 Å². The Kier molecular flexibility index (Phi) is 3.34. The molecule has 0 heterocycles. The van der Waals surface area contributed by atoms with E-state index in [1.807, 2.05) is 0 Å². The van der Waals surface area contributed by atoms with Gasteiger partial charge in [-0.3, -0.25) is 5.32 Å². The van der Waals surface area contributed by atoms with Crippen LogP contribution in [-0.4, -0.2) is 6.09 Å². The summed E-state index contributed by atoms with van der Waals surface area (Å²) in [4.78, 5) is 10.9. The van der Waals surface area contributed by atoms with E-state index in [2.05, 4.69) is 11.9 Å². The molecule has 0 fully saturated rings. The quantitative estimate of drug-likeness (QED) is 0.792. The van der Waals surface area contributed by atoms with Crippen LogP contribution in [0.2, 0.25) is 5.02 Å². The SMILES string of the molecule is C=CNC(=O)Oc1ccccc1Cl. The van der Waals surface area contributed by atoms with Crippen LogP contribution >= 0.6 is 11.6 Å². The van der Waals surface area contributed by atoms with Gasteiger partial charge in [-0.2, -0.15) is 0 Å². The van der Waals surface area contributed by atoms with Crippen molar-refractivity contribution in [2.45, 2.75) is 0 Å². The van der Waals surface area contributed by atoms with E-state index in [0.29, 0.717) is 10.8 Å². The van der Waals surface area contributed by atoms with E-state index in [-0.39, 0.29) is 0 Å². The third-order valence-electron chi connectivity index (χ3n) is 1.26. The second-order valence-corrected chi connectivity index (χ2v) is 2.58. The highest BCUT2D eigenvalue weighted by Crippen LogP contribution is 2.22. The summed E-state index contributed by atoms with van der Waals surface area (Å²) >= 11 is 5.74. The second kappa shape index (κ2) is 4.52. The van der Waals surface area contributed by atoms with Crippen molar-refractivity contribution in [1.29, 1.82) is 0 Å². The maximum absolute atomic E-state index is 10.9. The van der Waals surface area contributed by atoms with Crippen LogP contribution in [0.15, 0.2) is 37.0 Å². The molecule has 1 amide bonds. The van der Waals surface area contributed by atoms with Gasteiger partial charge in [-0.05, 0) is 18.3 Å². The number of benzene rings is 1. The molecule has 1 aromatic carbocycles. The molecule has 68 valence electrons. The van der Waals surface area contributed by atoms with Gasteiger partial charge < -0.3 is 4.74 Å². The number of rotatable bonds is 2. The van der Waals surface area contributed by atoms with Gasteiger partial charge in [0.25, 0.3) is 0 Å². The van der Waals surface area contributed by atoms with E-state index < -0.39 is 6.09 Å². The molecule has 13 heavy (non-hydrogen) atoms. The number of halogens is 1. The minimum Gasteiger partial charge on any atom is -0.409 e. The van der Waals surface area contributed by atoms with Gasteiger partial charge in [-0.1, -0.05) is 30.3 Å². The third-order valence-corrected chi connectivity index (χ3v) is 1.57. The predicted octanol–water partition coefficient (Wildman–Crippen LogP) is 2.57. The van der Waals surface area contributed by atoms with E-state index in [4.69, 9.17) is 16.3 Å². The summed E-state index contributed by atoms with van der Waals surface area (Å²) in [5.41, 5.74) is 0. The van der Waals surface area contributed by atoms with Crippen molar-refractivity contribution >= 4 is 17.7 Å². The summed E-state index contributed by atoms with van der Waals surface area (Å²) in [6.07, 6.45) is 0.627. The summed E-state index contributed by atoms with van der Waals surface area (Å²) in [5, 5.41) is 2.66. The summed E-state index contributed by atoms with van der Waals surface area (Å²) in [6, 6.07) is 6.71. The molecule has 0 aliphatic carbocycles. The molecule has 0 spiro atoms. The first-order valence-corrected chi connectivity index (χ1v) is 3.95. The van der Waals surface area contributed by atoms with Crippen LogP contribution in [0.4, 0.5) is 4.79 Å². The Bertz CT molecular complexity index is 325. The molecule has 0 radical (unpaired) electrons. The standard InChI is InChI=1S/C9H8ClNO2/c1-2-11-9(12)13-8-6-4-3-5-7(8)10/h2-6H,1H2,(H,11,12). The fourth-order valence-electron chi connectivity index (χ4n) is 0.740. The number of para-hydroxylation sites is 1. The van der Waals surface area contributed by atoms with Gasteiger partial charge in [0.15, 0.2) is 5.75 Å². The molecular formula is C9H8ClNO2. The van der Waals surface area contributed by atoms with Gasteiger partial charge >= 0.3 is 6.09 Å². The molecule has 0 unspecified atom stereocenters. The zero-order valence-corrected chi connectivity index (χ0v) is 7.54. The lowest BCUT2D eigenvalue weighted by Crippen LogP contribution is -2.21. The van der Waals surface area contributed by atoms with Gasteiger partial charge in [-0.15, -0.1) is 0 Å². The molecule has 1 N–H and O–H groups in total. The maximum Gasteiger partial charge on any atom is 0.416 e. The van der Waals surface area contributed by atoms with Crippen LogP contribution in [-0.2, 0) is 0 Å². The first kappa shape index (κ1) is 9.61. The zero-order chi connectivity index (χ0) is 9.68. The van der Waals surface area contributed by atoms with Crippen molar-refractivity contribution in [2.24, 2.45) is 0 Å². The highest BCUT2D eigenvalue weighted by molar-refractivity contribution is 6.32. The zero-order valence-electron chi connectivity index (χ0n) is 6.79. The molecular weight excluding hydrogens is 190 g/mol. The molecule has 0 bridgehead atoms. The lowest BCUT2D eigenvalue weighted by Gasteiger charge is -2.04. The Hall–Kier alpha value is -1.48. The lowest BCUT2D eigenvalue weighted by atomic mass is 10.3. The van der Waals surface area contributed by atoms with Crippen molar-refractivity contribution in [3.8, 4) is 5.75 Å². The first-order valence-electron chi connectivity index (χ1n) is 3.58. The largest absolute Gasteiger partial charge is 0.416 e. The number of carbonyl (C=O) groups excluding carboxylic acids is 1. The third kappa shape index (κ3) is 2.80. The predicted molar refractivity (Wildman–Crippen MR) is 50.8 cm³/mol. The van der Waals surface area contributed by atoms with Gasteiger partial charge in [-0.25, -0.2) is 4.79 Å². The Morgan fingerprint density at radius 3 is 2.85 bits per heavy atom. The number of hydrogen-bond acceptors (Lipinski definition) is 2. The highest BCUT2D eigenvalue weighted by atomic mass is 35.5. The average Bonchev–Trinajstić information content (AvgIpc) is 2.09. The molecule has 0 aromatic heterocycles. The molecule has 0 atom stereocenters. The van der Waals surface area contributed by atoms with Crippen LogP contribution in [0.3, 0.4) is 0 Å². The normalized spacial score (nSPS) is 9.00. The lowest BCUT2D eigenvalue weighted by molar-refractivity contribution is 0.204. The van der Waals surface area contributed by atoms with E-state index >= 15 is 0 Å². The number of nitrogens with one attached hydrogen (secondary N) is 1. The fourth-order valence-corrected chi connectivity index (χ4v) is 0.914. The van der Waals surface area contributed by atoms with Gasteiger partial charge in [0.05, 0.1) is 5.02 Å². The Morgan fingerprint density at radius 1 is 1.54 bits per heavy atom. The smallest absolute Gasteiger partial charge is 0.409 e.